The molecule has 3 heterocycles. The second-order valence-electron chi connectivity index (χ2n) is 10.2. The van der Waals surface area contributed by atoms with Gasteiger partial charge in [-0.2, -0.15) is 0 Å². The van der Waals surface area contributed by atoms with Crippen molar-refractivity contribution in [2.75, 3.05) is 11.9 Å². The molecule has 2 amide bonds. The van der Waals surface area contributed by atoms with Gasteiger partial charge in [-0.05, 0) is 45.8 Å². The van der Waals surface area contributed by atoms with Gasteiger partial charge in [-0.25, -0.2) is 19.9 Å². The van der Waals surface area contributed by atoms with Crippen molar-refractivity contribution in [1.82, 2.24) is 24.8 Å². The van der Waals surface area contributed by atoms with Crippen molar-refractivity contribution in [2.45, 2.75) is 53.5 Å². The molecular weight excluding hydrogens is 416 g/mol. The van der Waals surface area contributed by atoms with E-state index in [-0.39, 0.29) is 29.0 Å². The van der Waals surface area contributed by atoms with Gasteiger partial charge in [0, 0.05) is 42.2 Å². The van der Waals surface area contributed by atoms with E-state index in [2.05, 4.69) is 26.0 Å². The zero-order valence-corrected chi connectivity index (χ0v) is 20.2. The summed E-state index contributed by atoms with van der Waals surface area (Å²) in [5.74, 6) is 0.901. The van der Waals surface area contributed by atoms with E-state index in [0.29, 0.717) is 11.6 Å². The lowest BCUT2D eigenvalue weighted by Crippen LogP contribution is -2.42. The van der Waals surface area contributed by atoms with Crippen molar-refractivity contribution in [3.63, 3.8) is 0 Å². The van der Waals surface area contributed by atoms with Gasteiger partial charge in [0.05, 0.1) is 17.8 Å². The molecular formula is C25H30N6O2. The topological polar surface area (TPSA) is 92.2 Å². The van der Waals surface area contributed by atoms with Crippen LogP contribution < -0.4 is 4.90 Å². The number of nitrogens with zero attached hydrogens (tertiary/aromatic N) is 6. The molecule has 0 N–H and O–H groups in total. The van der Waals surface area contributed by atoms with Gasteiger partial charge in [0.2, 0.25) is 5.91 Å². The van der Waals surface area contributed by atoms with Gasteiger partial charge in [0.25, 0.3) is 5.91 Å². The number of hydrogen-bond donors (Lipinski definition) is 0. The number of hydrogen-bond acceptors (Lipinski definition) is 6. The molecule has 1 atom stereocenters. The lowest BCUT2D eigenvalue weighted by atomic mass is 9.75. The number of carbonyl (C=O) groups is 2. The molecule has 1 aliphatic carbocycles. The van der Waals surface area contributed by atoms with Gasteiger partial charge in [-0.15, -0.1) is 0 Å². The van der Waals surface area contributed by atoms with E-state index in [1.54, 1.807) is 29.2 Å². The molecule has 2 aromatic heterocycles. The smallest absolute Gasteiger partial charge is 0.274 e. The van der Waals surface area contributed by atoms with Crippen LogP contribution in [0.1, 0.15) is 62.9 Å². The van der Waals surface area contributed by atoms with Crippen molar-refractivity contribution < 1.29 is 9.59 Å². The van der Waals surface area contributed by atoms with Crippen molar-refractivity contribution in [1.29, 1.82) is 0 Å². The summed E-state index contributed by atoms with van der Waals surface area (Å²) >= 11 is 0. The van der Waals surface area contributed by atoms with Gasteiger partial charge >= 0.3 is 0 Å². The molecule has 1 unspecified atom stereocenters. The van der Waals surface area contributed by atoms with Crippen molar-refractivity contribution in [2.24, 2.45) is 11.3 Å². The van der Waals surface area contributed by atoms with Crippen LogP contribution in [0.3, 0.4) is 0 Å². The highest BCUT2D eigenvalue weighted by molar-refractivity contribution is 6.04. The second-order valence-corrected chi connectivity index (χ2v) is 10.2. The summed E-state index contributed by atoms with van der Waals surface area (Å²) in [6.07, 6.45) is 11.4. The van der Waals surface area contributed by atoms with Crippen LogP contribution in [-0.4, -0.2) is 49.2 Å². The highest BCUT2D eigenvalue weighted by atomic mass is 16.2. The van der Waals surface area contributed by atoms with Gasteiger partial charge in [0.1, 0.15) is 11.5 Å². The normalized spacial score (nSPS) is 19.7. The summed E-state index contributed by atoms with van der Waals surface area (Å²) in [5.41, 5.74) is 2.08. The van der Waals surface area contributed by atoms with E-state index in [1.807, 2.05) is 47.6 Å². The molecule has 0 spiro atoms. The molecule has 2 aromatic rings. The molecule has 8 nitrogen and oxygen atoms in total. The van der Waals surface area contributed by atoms with E-state index in [0.717, 1.165) is 23.3 Å². The minimum atomic E-state index is -0.583. The Bertz CT molecular complexity index is 1160. The lowest BCUT2D eigenvalue weighted by molar-refractivity contribution is -0.125. The Kier molecular flexibility index (Phi) is 5.42. The number of amides is 2. The number of aromatic nitrogens is 4. The second kappa shape index (κ2) is 7.86. The lowest BCUT2D eigenvalue weighted by Gasteiger charge is -2.31. The Morgan fingerprint density at radius 2 is 1.76 bits per heavy atom. The molecule has 33 heavy (non-hydrogen) atoms. The predicted octanol–water partition coefficient (Wildman–Crippen LogP) is 3.81. The quantitative estimate of drug-likeness (QED) is 0.712. The van der Waals surface area contributed by atoms with Gasteiger partial charge in [-0.3, -0.25) is 14.5 Å². The summed E-state index contributed by atoms with van der Waals surface area (Å²) in [4.78, 5) is 46.9. The Morgan fingerprint density at radius 1 is 1.09 bits per heavy atom. The van der Waals surface area contributed by atoms with Gasteiger partial charge in [-0.1, -0.05) is 19.9 Å². The van der Waals surface area contributed by atoms with Crippen molar-refractivity contribution in [3.05, 3.63) is 59.7 Å². The fourth-order valence-corrected chi connectivity index (χ4v) is 4.13. The third-order valence-corrected chi connectivity index (χ3v) is 6.63. The molecule has 4 rings (SSSR count). The molecule has 172 valence electrons. The maximum absolute atomic E-state index is 13.4. The zero-order valence-electron chi connectivity index (χ0n) is 20.2. The maximum Gasteiger partial charge on any atom is 0.274 e. The Balaban J connectivity index is 1.69. The molecule has 1 saturated heterocycles. The fourth-order valence-electron chi connectivity index (χ4n) is 4.13. The van der Waals surface area contributed by atoms with E-state index < -0.39 is 5.41 Å². The minimum Gasteiger partial charge on any atom is -0.335 e. The fraction of sp³-hybridized carbons (Fsp3) is 0.440. The van der Waals surface area contributed by atoms with E-state index in [4.69, 9.17) is 0 Å². The zero-order chi connectivity index (χ0) is 24.1. The highest BCUT2D eigenvalue weighted by Crippen LogP contribution is 2.50. The number of anilines is 1. The molecule has 8 heteroatoms. The number of carbonyl (C=O) groups excluding carboxylic acids is 2. The molecule has 1 fully saturated rings. The Labute approximate surface area is 194 Å². The summed E-state index contributed by atoms with van der Waals surface area (Å²) in [6.45, 7) is 11.6. The number of fused-ring (bicyclic) bond motifs is 1. The maximum atomic E-state index is 13.4. The summed E-state index contributed by atoms with van der Waals surface area (Å²) in [7, 11) is 1.74. The summed E-state index contributed by atoms with van der Waals surface area (Å²) < 4.78 is 0. The van der Waals surface area contributed by atoms with Gasteiger partial charge < -0.3 is 4.90 Å². The third-order valence-electron chi connectivity index (χ3n) is 6.63. The average Bonchev–Trinajstić information content (AvgIpc) is 2.97. The van der Waals surface area contributed by atoms with Crippen LogP contribution >= 0.6 is 0 Å². The standard InChI is InChI=1S/C25H30N6O2/c1-15-26-11-17(12-27-15)16-8-9-18-20(10-16)31(23(33)25(18,5)6)21-14-28-19(13-29-21)22(32)30(7)24(2,3)4/h8,10-14,18H,9H2,1-7H3. The number of allylic oxidation sites excluding steroid dienone is 4. The first kappa shape index (κ1) is 22.8. The third kappa shape index (κ3) is 3.94. The molecule has 0 bridgehead atoms. The Morgan fingerprint density at radius 3 is 2.33 bits per heavy atom. The summed E-state index contributed by atoms with van der Waals surface area (Å²) in [5, 5.41) is 0. The minimum absolute atomic E-state index is 0.0234. The van der Waals surface area contributed by atoms with Gasteiger partial charge in [0.15, 0.2) is 5.82 Å². The molecule has 2 aliphatic rings. The van der Waals surface area contributed by atoms with Crippen LogP contribution in [0.5, 0.6) is 0 Å². The monoisotopic (exact) mass is 446 g/mol. The van der Waals surface area contributed by atoms with Crippen LogP contribution in [0.15, 0.2) is 42.6 Å². The Hall–Kier alpha value is -3.42. The van der Waals surface area contributed by atoms with Crippen LogP contribution in [0.2, 0.25) is 0 Å². The van der Waals surface area contributed by atoms with Crippen molar-refractivity contribution >= 4 is 23.2 Å². The summed E-state index contributed by atoms with van der Waals surface area (Å²) in [6, 6.07) is 0. The molecule has 0 radical (unpaired) electrons. The van der Waals surface area contributed by atoms with E-state index in [9.17, 15) is 9.59 Å². The molecule has 0 aromatic carbocycles. The van der Waals surface area contributed by atoms with Crippen LogP contribution in [-0.2, 0) is 4.79 Å². The van der Waals surface area contributed by atoms with E-state index in [1.165, 1.54) is 12.4 Å². The average molecular weight is 447 g/mol. The first-order valence-electron chi connectivity index (χ1n) is 11.1. The first-order chi connectivity index (χ1) is 15.4. The molecule has 0 saturated carbocycles. The number of aryl methyl sites for hydroxylation is 1. The number of rotatable bonds is 3. The van der Waals surface area contributed by atoms with E-state index >= 15 is 0 Å². The van der Waals surface area contributed by atoms with Crippen LogP contribution in [0, 0.1) is 18.3 Å². The first-order valence-corrected chi connectivity index (χ1v) is 11.1. The highest BCUT2D eigenvalue weighted by Gasteiger charge is 2.52. The predicted molar refractivity (Wildman–Crippen MR) is 126 cm³/mol. The van der Waals surface area contributed by atoms with Crippen LogP contribution in [0.25, 0.3) is 5.57 Å². The molecule has 1 aliphatic heterocycles. The largest absolute Gasteiger partial charge is 0.335 e. The SMILES string of the molecule is Cc1ncc(C2=CCC3C(=C2)N(c2cnc(C(=O)N(C)C(C)(C)C)cn2)C(=O)C3(C)C)cn1. The van der Waals surface area contributed by atoms with Crippen molar-refractivity contribution in [3.8, 4) is 0 Å². The van der Waals surface area contributed by atoms with Crippen LogP contribution in [0.4, 0.5) is 5.82 Å².